The van der Waals surface area contributed by atoms with Crippen LogP contribution >= 0.6 is 0 Å². The van der Waals surface area contributed by atoms with E-state index < -0.39 is 40.7 Å². The third-order valence-electron chi connectivity index (χ3n) is 7.53. The van der Waals surface area contributed by atoms with Crippen LogP contribution in [0.25, 0.3) is 10.9 Å². The number of carboxylic acids is 1. The average molecular weight is 548 g/mol. The van der Waals surface area contributed by atoms with Gasteiger partial charge in [-0.2, -0.15) is 0 Å². The molecule has 3 aromatic rings. The molecule has 0 bridgehead atoms. The molecule has 210 valence electrons. The van der Waals surface area contributed by atoms with Gasteiger partial charge in [0.2, 0.25) is 0 Å². The van der Waals surface area contributed by atoms with Crippen LogP contribution in [0, 0.1) is 22.9 Å². The zero-order valence-electron chi connectivity index (χ0n) is 21.6. The number of aliphatic carboxylic acids is 1. The van der Waals surface area contributed by atoms with Crippen molar-refractivity contribution in [2.24, 2.45) is 11.1 Å². The number of aromatic nitrogens is 1. The molecule has 8 nitrogen and oxygen atoms in total. The lowest BCUT2D eigenvalue weighted by Gasteiger charge is -2.39. The molecule has 1 atom stereocenters. The van der Waals surface area contributed by atoms with Crippen LogP contribution in [0.2, 0.25) is 0 Å². The van der Waals surface area contributed by atoms with Crippen LogP contribution in [0.15, 0.2) is 36.5 Å². The van der Waals surface area contributed by atoms with Gasteiger partial charge >= 0.3 is 5.97 Å². The highest BCUT2D eigenvalue weighted by Gasteiger charge is 2.41. The van der Waals surface area contributed by atoms with Crippen LogP contribution in [0.3, 0.4) is 0 Å². The Bertz CT molecular complexity index is 1300. The van der Waals surface area contributed by atoms with Gasteiger partial charge in [0.1, 0.15) is 18.2 Å². The van der Waals surface area contributed by atoms with Crippen molar-refractivity contribution in [2.75, 3.05) is 33.4 Å². The van der Waals surface area contributed by atoms with Crippen molar-refractivity contribution in [3.8, 4) is 11.5 Å². The number of carbonyl (C=O) groups is 1. The van der Waals surface area contributed by atoms with E-state index in [0.717, 1.165) is 0 Å². The fourth-order valence-electron chi connectivity index (χ4n) is 5.19. The molecule has 0 unspecified atom stereocenters. The van der Waals surface area contributed by atoms with E-state index in [1.54, 1.807) is 31.5 Å². The summed E-state index contributed by atoms with van der Waals surface area (Å²) in [5, 5.41) is 22.1. The van der Waals surface area contributed by atoms with Gasteiger partial charge in [0.15, 0.2) is 17.4 Å². The summed E-state index contributed by atoms with van der Waals surface area (Å²) in [5.74, 6) is -4.22. The summed E-state index contributed by atoms with van der Waals surface area (Å²) in [6.07, 6.45) is 1.81. The second kappa shape index (κ2) is 12.2. The van der Waals surface area contributed by atoms with Crippen molar-refractivity contribution in [2.45, 2.75) is 38.3 Å². The van der Waals surface area contributed by atoms with Crippen LogP contribution < -0.4 is 15.2 Å². The van der Waals surface area contributed by atoms with Gasteiger partial charge in [0.25, 0.3) is 0 Å². The Kier molecular flexibility index (Phi) is 8.94. The van der Waals surface area contributed by atoms with Crippen molar-refractivity contribution in [1.29, 1.82) is 0 Å². The van der Waals surface area contributed by atoms with Crippen molar-refractivity contribution >= 4 is 16.9 Å². The van der Waals surface area contributed by atoms with Gasteiger partial charge in [-0.25, -0.2) is 13.2 Å². The van der Waals surface area contributed by atoms with Crippen LogP contribution in [0.5, 0.6) is 11.5 Å². The fourth-order valence-corrected chi connectivity index (χ4v) is 5.19. The normalized spacial score (nSPS) is 16.3. The number of nitrogens with two attached hydrogens (primary N) is 1. The molecule has 0 spiro atoms. The topological polar surface area (TPSA) is 118 Å². The number of fused-ring (bicyclic) bond motifs is 1. The zero-order valence-corrected chi connectivity index (χ0v) is 21.6. The van der Waals surface area contributed by atoms with Crippen molar-refractivity contribution in [3.05, 3.63) is 65.1 Å². The van der Waals surface area contributed by atoms with Crippen LogP contribution in [-0.2, 0) is 11.3 Å². The molecule has 11 heteroatoms. The summed E-state index contributed by atoms with van der Waals surface area (Å²) in [5.41, 5.74) is 6.87. The summed E-state index contributed by atoms with van der Waals surface area (Å²) < 4.78 is 51.2. The van der Waals surface area contributed by atoms with Crippen LogP contribution in [-0.4, -0.2) is 59.4 Å². The Labute approximate surface area is 224 Å². The molecule has 1 aliphatic rings. The number of aliphatic hydroxyl groups excluding tert-OH is 1. The number of benzene rings is 2. The summed E-state index contributed by atoms with van der Waals surface area (Å²) in [7, 11) is 1.55. The third-order valence-corrected chi connectivity index (χ3v) is 7.53. The number of hydrogen-bond donors (Lipinski definition) is 3. The van der Waals surface area contributed by atoms with E-state index in [1.807, 2.05) is 4.90 Å². The first-order valence-corrected chi connectivity index (χ1v) is 12.7. The maximum Gasteiger partial charge on any atom is 0.309 e. The SMILES string of the molecule is COc1ccc2ncc(CN)c([C@H](O)CCC3(C(=O)O)CCN(CCOc4c(F)cc(F)cc4F)CC3)c2c1. The molecule has 1 aliphatic heterocycles. The number of aliphatic hydroxyl groups is 1. The highest BCUT2D eigenvalue weighted by molar-refractivity contribution is 5.85. The van der Waals surface area contributed by atoms with Crippen molar-refractivity contribution < 1.29 is 37.7 Å². The maximum atomic E-state index is 13.8. The fraction of sp³-hybridized carbons (Fsp3) is 0.429. The number of piperidine rings is 1. The predicted octanol–water partition coefficient (Wildman–Crippen LogP) is 4.18. The smallest absolute Gasteiger partial charge is 0.309 e. The highest BCUT2D eigenvalue weighted by Crippen LogP contribution is 2.40. The first-order chi connectivity index (χ1) is 18.7. The molecule has 2 aromatic carbocycles. The van der Waals surface area contributed by atoms with E-state index in [0.29, 0.717) is 72.4 Å². The van der Waals surface area contributed by atoms with Gasteiger partial charge in [-0.1, -0.05) is 0 Å². The number of ether oxygens (including phenoxy) is 2. The van der Waals surface area contributed by atoms with Crippen LogP contribution in [0.1, 0.15) is 42.9 Å². The lowest BCUT2D eigenvalue weighted by molar-refractivity contribution is -0.153. The number of halogens is 3. The molecule has 0 saturated carbocycles. The number of likely N-dealkylation sites (tertiary alicyclic amines) is 1. The number of rotatable bonds is 11. The second-order valence-corrected chi connectivity index (χ2v) is 9.81. The van der Waals surface area contributed by atoms with Gasteiger partial charge in [-0.15, -0.1) is 0 Å². The van der Waals surface area contributed by atoms with Crippen molar-refractivity contribution in [3.63, 3.8) is 0 Å². The number of nitrogens with zero attached hydrogens (tertiary/aromatic N) is 2. The monoisotopic (exact) mass is 547 g/mol. The molecule has 1 aromatic heterocycles. The summed E-state index contributed by atoms with van der Waals surface area (Å²) in [4.78, 5) is 18.7. The molecule has 1 fully saturated rings. The summed E-state index contributed by atoms with van der Waals surface area (Å²) >= 11 is 0. The van der Waals surface area contributed by atoms with Gasteiger partial charge in [0.05, 0.1) is 24.1 Å². The van der Waals surface area contributed by atoms with Crippen molar-refractivity contribution in [1.82, 2.24) is 9.88 Å². The first-order valence-electron chi connectivity index (χ1n) is 12.7. The van der Waals surface area contributed by atoms with Gasteiger partial charge in [-0.3, -0.25) is 14.7 Å². The molecule has 39 heavy (non-hydrogen) atoms. The third kappa shape index (κ3) is 6.26. The minimum atomic E-state index is -1.12. The lowest BCUT2D eigenvalue weighted by atomic mass is 9.74. The number of pyridine rings is 1. The maximum absolute atomic E-state index is 13.8. The van der Waals surface area contributed by atoms with Gasteiger partial charge in [0, 0.05) is 36.8 Å². The minimum absolute atomic E-state index is 0.0430. The summed E-state index contributed by atoms with van der Waals surface area (Å²) in [6, 6.07) is 6.46. The Morgan fingerprint density at radius 1 is 1.18 bits per heavy atom. The Hall–Kier alpha value is -3.41. The number of methoxy groups -OCH3 is 1. The van der Waals surface area contributed by atoms with E-state index in [1.165, 1.54) is 0 Å². The first kappa shape index (κ1) is 28.6. The largest absolute Gasteiger partial charge is 0.497 e. The Morgan fingerprint density at radius 2 is 1.87 bits per heavy atom. The Balaban J connectivity index is 1.39. The standard InChI is InChI=1S/C28H32F3N3O5/c1-38-19-2-3-23-20(14-19)25(17(15-32)16-33-23)24(35)4-5-28(27(36)37)6-8-34(9-7-28)10-11-39-26-21(30)12-18(29)13-22(26)31/h2-3,12-14,16,24,35H,4-11,15,32H2,1H3,(H,36,37)/t24-/m1/s1. The molecule has 1 saturated heterocycles. The molecule has 4 N–H and O–H groups in total. The molecule has 0 aliphatic carbocycles. The van der Waals surface area contributed by atoms with Gasteiger partial charge in [-0.05, 0) is 68.1 Å². The second-order valence-electron chi connectivity index (χ2n) is 9.81. The highest BCUT2D eigenvalue weighted by atomic mass is 19.1. The molecule has 2 heterocycles. The van der Waals surface area contributed by atoms with E-state index in [2.05, 4.69) is 4.98 Å². The zero-order chi connectivity index (χ0) is 28.2. The number of carboxylic acid groups (broad SMARTS) is 1. The Morgan fingerprint density at radius 3 is 2.49 bits per heavy atom. The summed E-state index contributed by atoms with van der Waals surface area (Å²) in [6.45, 7) is 1.31. The number of hydrogen-bond acceptors (Lipinski definition) is 7. The molecule has 0 amide bonds. The molecular weight excluding hydrogens is 515 g/mol. The van der Waals surface area contributed by atoms with E-state index in [4.69, 9.17) is 15.2 Å². The minimum Gasteiger partial charge on any atom is -0.497 e. The van der Waals surface area contributed by atoms with E-state index in [-0.39, 0.29) is 26.0 Å². The van der Waals surface area contributed by atoms with Crippen LogP contribution in [0.4, 0.5) is 13.2 Å². The average Bonchev–Trinajstić information content (AvgIpc) is 2.92. The lowest BCUT2D eigenvalue weighted by Crippen LogP contribution is -2.45. The molecule has 4 rings (SSSR count). The quantitative estimate of drug-likeness (QED) is 0.327. The molecular formula is C28H32F3N3O5. The predicted molar refractivity (Wildman–Crippen MR) is 138 cm³/mol. The molecule has 0 radical (unpaired) electrons. The van der Waals surface area contributed by atoms with E-state index >= 15 is 0 Å². The van der Waals surface area contributed by atoms with E-state index in [9.17, 15) is 28.2 Å². The van der Waals surface area contributed by atoms with Gasteiger partial charge < -0.3 is 25.4 Å².